The van der Waals surface area contributed by atoms with Crippen LogP contribution in [0.5, 0.6) is 0 Å². The lowest BCUT2D eigenvalue weighted by atomic mass is 10.1. The second-order valence-corrected chi connectivity index (χ2v) is 3.75. The molecule has 1 aromatic carbocycles. The predicted molar refractivity (Wildman–Crippen MR) is 72.7 cm³/mol. The van der Waals surface area contributed by atoms with Crippen LogP contribution in [-0.2, 0) is 0 Å². The van der Waals surface area contributed by atoms with Crippen LogP contribution in [0.4, 0.5) is 0 Å². The average molecular weight is 244 g/mol. The molecule has 0 aliphatic heterocycles. The molecule has 0 amide bonds. The Bertz CT molecular complexity index is 704. The summed E-state index contributed by atoms with van der Waals surface area (Å²) in [5.41, 5.74) is 2.35. The number of hydrogen-bond donors (Lipinski definition) is 2. The van der Waals surface area contributed by atoms with Crippen molar-refractivity contribution in [3.63, 3.8) is 0 Å². The van der Waals surface area contributed by atoms with Crippen LogP contribution in [0.1, 0.15) is 19.6 Å². The smallest absolute Gasteiger partial charge is 0.323 e. The molecule has 0 saturated carbocycles. The van der Waals surface area contributed by atoms with Gasteiger partial charge in [0, 0.05) is 5.56 Å². The number of benzene rings is 1. The SMILES string of the molecule is CC.Cc1ccc(-c2ccc3[nH]c(=O)[nH]c3c2)o1. The first kappa shape index (κ1) is 12.2. The van der Waals surface area contributed by atoms with Gasteiger partial charge in [-0.3, -0.25) is 0 Å². The van der Waals surface area contributed by atoms with Gasteiger partial charge in [-0.25, -0.2) is 4.79 Å². The average Bonchev–Trinajstić information content (AvgIpc) is 2.95. The first-order valence-electron chi connectivity index (χ1n) is 6.01. The highest BCUT2D eigenvalue weighted by Crippen LogP contribution is 2.24. The standard InChI is InChI=1S/C12H10N2O2.C2H6/c1-7-2-5-11(16-7)8-3-4-9-10(6-8)14-12(15)13-9;1-2/h2-6H,1H3,(H2,13,14,15);1-2H3. The predicted octanol–water partition coefficient (Wildman–Crippen LogP) is 3.45. The van der Waals surface area contributed by atoms with Crippen molar-refractivity contribution in [2.45, 2.75) is 20.8 Å². The van der Waals surface area contributed by atoms with Gasteiger partial charge in [-0.2, -0.15) is 0 Å². The number of rotatable bonds is 1. The molecule has 0 aliphatic rings. The Morgan fingerprint density at radius 1 is 1.00 bits per heavy atom. The number of aryl methyl sites for hydroxylation is 1. The zero-order chi connectivity index (χ0) is 13.1. The highest BCUT2D eigenvalue weighted by atomic mass is 16.3. The summed E-state index contributed by atoms with van der Waals surface area (Å²) in [6, 6.07) is 9.51. The fourth-order valence-corrected chi connectivity index (χ4v) is 1.78. The van der Waals surface area contributed by atoms with Crippen molar-refractivity contribution in [3.8, 4) is 11.3 Å². The molecule has 2 N–H and O–H groups in total. The van der Waals surface area contributed by atoms with E-state index in [1.54, 1.807) is 0 Å². The Hall–Kier alpha value is -2.23. The van der Waals surface area contributed by atoms with Gasteiger partial charge in [-0.15, -0.1) is 0 Å². The molecule has 0 aliphatic carbocycles. The van der Waals surface area contributed by atoms with Crippen molar-refractivity contribution in [1.29, 1.82) is 0 Å². The van der Waals surface area contributed by atoms with E-state index >= 15 is 0 Å². The van der Waals surface area contributed by atoms with E-state index in [4.69, 9.17) is 4.42 Å². The summed E-state index contributed by atoms with van der Waals surface area (Å²) in [7, 11) is 0. The van der Waals surface area contributed by atoms with Crippen molar-refractivity contribution >= 4 is 11.0 Å². The van der Waals surface area contributed by atoms with E-state index in [-0.39, 0.29) is 5.69 Å². The van der Waals surface area contributed by atoms with Gasteiger partial charge < -0.3 is 14.4 Å². The molecule has 0 bridgehead atoms. The Labute approximate surface area is 105 Å². The molecule has 0 unspecified atom stereocenters. The first-order valence-corrected chi connectivity index (χ1v) is 6.01. The van der Waals surface area contributed by atoms with E-state index in [2.05, 4.69) is 9.97 Å². The van der Waals surface area contributed by atoms with Crippen molar-refractivity contribution in [1.82, 2.24) is 9.97 Å². The topological polar surface area (TPSA) is 61.8 Å². The summed E-state index contributed by atoms with van der Waals surface area (Å²) >= 11 is 0. The maximum atomic E-state index is 11.1. The Morgan fingerprint density at radius 2 is 1.72 bits per heavy atom. The Morgan fingerprint density at radius 3 is 2.39 bits per heavy atom. The van der Waals surface area contributed by atoms with Crippen LogP contribution in [0.15, 0.2) is 39.5 Å². The molecule has 0 fully saturated rings. The summed E-state index contributed by atoms with van der Waals surface area (Å²) in [4.78, 5) is 16.5. The number of H-pyrrole nitrogens is 2. The third-order valence-electron chi connectivity index (χ3n) is 2.54. The lowest BCUT2D eigenvalue weighted by Gasteiger charge is -1.96. The lowest BCUT2D eigenvalue weighted by Crippen LogP contribution is -1.99. The molecular formula is C14H16N2O2. The van der Waals surface area contributed by atoms with Crippen LogP contribution in [0, 0.1) is 6.92 Å². The van der Waals surface area contributed by atoms with Crippen LogP contribution in [-0.4, -0.2) is 9.97 Å². The molecule has 2 aromatic heterocycles. The molecule has 0 saturated heterocycles. The molecule has 2 heterocycles. The number of furan rings is 1. The summed E-state index contributed by atoms with van der Waals surface area (Å²) < 4.78 is 5.52. The Balaban J connectivity index is 0.000000574. The van der Waals surface area contributed by atoms with E-state index in [1.807, 2.05) is 51.1 Å². The first-order chi connectivity index (χ1) is 8.72. The van der Waals surface area contributed by atoms with Gasteiger partial charge in [-0.1, -0.05) is 13.8 Å². The second-order valence-electron chi connectivity index (χ2n) is 3.75. The molecule has 94 valence electrons. The quantitative estimate of drug-likeness (QED) is 0.688. The van der Waals surface area contributed by atoms with Gasteiger partial charge in [-0.05, 0) is 37.3 Å². The largest absolute Gasteiger partial charge is 0.461 e. The molecule has 0 radical (unpaired) electrons. The highest BCUT2D eigenvalue weighted by Gasteiger charge is 2.04. The van der Waals surface area contributed by atoms with E-state index < -0.39 is 0 Å². The fraction of sp³-hybridized carbons (Fsp3) is 0.214. The van der Waals surface area contributed by atoms with Gasteiger partial charge >= 0.3 is 5.69 Å². The van der Waals surface area contributed by atoms with Gasteiger partial charge in [0.25, 0.3) is 0 Å². The van der Waals surface area contributed by atoms with Gasteiger partial charge in [0.15, 0.2) is 0 Å². The number of aromatic amines is 2. The highest BCUT2D eigenvalue weighted by molar-refractivity contribution is 5.80. The minimum absolute atomic E-state index is 0.192. The second kappa shape index (κ2) is 4.96. The molecule has 4 heteroatoms. The molecule has 4 nitrogen and oxygen atoms in total. The van der Waals surface area contributed by atoms with Crippen LogP contribution in [0.2, 0.25) is 0 Å². The molecular weight excluding hydrogens is 228 g/mol. The molecule has 3 rings (SSSR count). The molecule has 3 aromatic rings. The minimum Gasteiger partial charge on any atom is -0.461 e. The number of hydrogen-bond acceptors (Lipinski definition) is 2. The van der Waals surface area contributed by atoms with Crippen molar-refractivity contribution in [2.24, 2.45) is 0 Å². The number of aromatic nitrogens is 2. The zero-order valence-electron chi connectivity index (χ0n) is 10.7. The van der Waals surface area contributed by atoms with Crippen molar-refractivity contribution in [2.75, 3.05) is 0 Å². The minimum atomic E-state index is -0.192. The van der Waals surface area contributed by atoms with Crippen molar-refractivity contribution < 1.29 is 4.42 Å². The zero-order valence-corrected chi connectivity index (χ0v) is 10.7. The number of imidazole rings is 1. The number of nitrogens with one attached hydrogen (secondary N) is 2. The normalized spacial score (nSPS) is 10.2. The van der Waals surface area contributed by atoms with Crippen LogP contribution in [0.25, 0.3) is 22.4 Å². The van der Waals surface area contributed by atoms with Crippen LogP contribution >= 0.6 is 0 Å². The molecule has 0 spiro atoms. The van der Waals surface area contributed by atoms with Crippen LogP contribution < -0.4 is 5.69 Å². The van der Waals surface area contributed by atoms with Gasteiger partial charge in [0.1, 0.15) is 11.5 Å². The maximum Gasteiger partial charge on any atom is 0.323 e. The van der Waals surface area contributed by atoms with Gasteiger partial charge in [0.2, 0.25) is 0 Å². The fourth-order valence-electron chi connectivity index (χ4n) is 1.78. The monoisotopic (exact) mass is 244 g/mol. The summed E-state index contributed by atoms with van der Waals surface area (Å²) in [6.45, 7) is 5.90. The summed E-state index contributed by atoms with van der Waals surface area (Å²) in [5, 5.41) is 0. The van der Waals surface area contributed by atoms with Gasteiger partial charge in [0.05, 0.1) is 11.0 Å². The Kier molecular flexibility index (Phi) is 3.37. The summed E-state index contributed by atoms with van der Waals surface area (Å²) in [5.74, 6) is 1.68. The third kappa shape index (κ3) is 2.22. The van der Waals surface area contributed by atoms with E-state index in [0.29, 0.717) is 0 Å². The van der Waals surface area contributed by atoms with Crippen molar-refractivity contribution in [3.05, 3.63) is 46.6 Å². The van der Waals surface area contributed by atoms with Crippen LogP contribution in [0.3, 0.4) is 0 Å². The number of fused-ring (bicyclic) bond motifs is 1. The molecule has 0 atom stereocenters. The van der Waals surface area contributed by atoms with E-state index in [1.165, 1.54) is 0 Å². The lowest BCUT2D eigenvalue weighted by molar-refractivity contribution is 0.548. The summed E-state index contributed by atoms with van der Waals surface area (Å²) in [6.07, 6.45) is 0. The third-order valence-corrected chi connectivity index (χ3v) is 2.54. The molecule has 18 heavy (non-hydrogen) atoms. The van der Waals surface area contributed by atoms with E-state index in [0.717, 1.165) is 28.1 Å². The van der Waals surface area contributed by atoms with E-state index in [9.17, 15) is 4.79 Å². The maximum absolute atomic E-state index is 11.1.